The first-order valence-corrected chi connectivity index (χ1v) is 11.3. The first-order chi connectivity index (χ1) is 15.8. The molecule has 174 valence electrons. The van der Waals surface area contributed by atoms with Crippen LogP contribution >= 0.6 is 22.9 Å². The molecule has 2 aromatic rings. The number of carboxylic acid groups (broad SMARTS) is 1. The average Bonchev–Trinajstić information content (AvgIpc) is 3.48. The van der Waals surface area contributed by atoms with Crippen molar-refractivity contribution in [2.75, 3.05) is 6.54 Å². The molecule has 3 amide bonds. The molecule has 0 bridgehead atoms. The molecule has 0 spiro atoms. The van der Waals surface area contributed by atoms with Crippen LogP contribution in [0.1, 0.15) is 41.4 Å². The number of carboxylic acids is 1. The number of thiazole rings is 1. The van der Waals surface area contributed by atoms with Crippen LogP contribution in [-0.4, -0.2) is 63.6 Å². The molecule has 2 heterocycles. The number of carbonyl (C=O) groups excluding carboxylic acids is 4. The Balaban J connectivity index is 1.80. The molecule has 1 aliphatic heterocycles. The van der Waals surface area contributed by atoms with Crippen molar-refractivity contribution in [3.63, 3.8) is 0 Å². The van der Waals surface area contributed by atoms with E-state index in [1.165, 1.54) is 27.8 Å². The lowest BCUT2D eigenvalue weighted by atomic mass is 10.1. The second-order valence-electron chi connectivity index (χ2n) is 7.34. The number of hydrogen-bond acceptors (Lipinski definition) is 7. The van der Waals surface area contributed by atoms with Gasteiger partial charge in [-0.3, -0.25) is 19.2 Å². The highest BCUT2D eigenvalue weighted by atomic mass is 35.5. The molecule has 3 N–H and O–H groups in total. The second kappa shape index (κ2) is 11.0. The Kier molecular flexibility index (Phi) is 8.12. The summed E-state index contributed by atoms with van der Waals surface area (Å²) < 4.78 is 0. The number of rotatable bonds is 9. The minimum atomic E-state index is -1.24. The van der Waals surface area contributed by atoms with E-state index in [2.05, 4.69) is 15.6 Å². The van der Waals surface area contributed by atoms with Crippen molar-refractivity contribution >= 4 is 52.9 Å². The molecule has 3 atom stereocenters. The van der Waals surface area contributed by atoms with Crippen LogP contribution in [0.5, 0.6) is 0 Å². The van der Waals surface area contributed by atoms with Crippen LogP contribution in [0.25, 0.3) is 0 Å². The molecule has 1 aliphatic rings. The molecule has 1 saturated heterocycles. The zero-order valence-corrected chi connectivity index (χ0v) is 18.8. The smallest absolute Gasteiger partial charge is 0.305 e. The zero-order chi connectivity index (χ0) is 24.0. The molecule has 1 aromatic carbocycles. The van der Waals surface area contributed by atoms with Gasteiger partial charge in [0, 0.05) is 11.9 Å². The molecular weight excluding hydrogens is 472 g/mol. The zero-order valence-electron chi connectivity index (χ0n) is 17.3. The predicted molar refractivity (Wildman–Crippen MR) is 119 cm³/mol. The van der Waals surface area contributed by atoms with Gasteiger partial charge in [0.1, 0.15) is 12.3 Å². The number of aromatic nitrogens is 1. The number of carbonyl (C=O) groups is 5. The summed E-state index contributed by atoms with van der Waals surface area (Å²) in [5, 5.41) is 15.7. The van der Waals surface area contributed by atoms with Crippen LogP contribution in [0.4, 0.5) is 0 Å². The quantitative estimate of drug-likeness (QED) is 0.448. The third kappa shape index (κ3) is 5.93. The Bertz CT molecular complexity index is 1050. The molecule has 0 unspecified atom stereocenters. The fourth-order valence-corrected chi connectivity index (χ4v) is 4.35. The molecule has 0 saturated carbocycles. The third-order valence-corrected chi connectivity index (χ3v) is 6.05. The van der Waals surface area contributed by atoms with Crippen LogP contribution in [0.2, 0.25) is 5.02 Å². The normalized spacial score (nSPS) is 17.1. The van der Waals surface area contributed by atoms with Gasteiger partial charge in [-0.2, -0.15) is 0 Å². The van der Waals surface area contributed by atoms with E-state index in [-0.39, 0.29) is 17.1 Å². The standard InChI is InChI=1S/C21H21ClN4O6S/c22-14-5-2-1-4-13(14)19(30)25-18(15-10-33-11-23-15)21(32)26-7-3-6-16(26)20(31)24-12(9-27)8-17(28)29/h1-2,4-5,9-12,16,18H,3,6-8H2,(H,24,31)(H,25,30)(H,28,29)/t12-,16-,18-/m0/s1. The van der Waals surface area contributed by atoms with E-state index in [9.17, 15) is 24.0 Å². The van der Waals surface area contributed by atoms with Gasteiger partial charge in [0.2, 0.25) is 5.91 Å². The molecule has 3 rings (SSSR count). The van der Waals surface area contributed by atoms with Gasteiger partial charge in [0.25, 0.3) is 11.8 Å². The maximum Gasteiger partial charge on any atom is 0.305 e. The van der Waals surface area contributed by atoms with Crippen molar-refractivity contribution in [2.45, 2.75) is 37.4 Å². The van der Waals surface area contributed by atoms with Crippen molar-refractivity contribution in [2.24, 2.45) is 0 Å². The summed E-state index contributed by atoms with van der Waals surface area (Å²) in [5.41, 5.74) is 2.02. The number of amides is 3. The number of halogens is 1. The van der Waals surface area contributed by atoms with Crippen molar-refractivity contribution < 1.29 is 29.1 Å². The van der Waals surface area contributed by atoms with Crippen LogP contribution in [-0.2, 0) is 19.2 Å². The van der Waals surface area contributed by atoms with Gasteiger partial charge in [-0.05, 0) is 25.0 Å². The minimum absolute atomic E-state index is 0.186. The first kappa shape index (κ1) is 24.3. The van der Waals surface area contributed by atoms with Crippen LogP contribution in [0, 0.1) is 0 Å². The summed E-state index contributed by atoms with van der Waals surface area (Å²) in [7, 11) is 0. The highest BCUT2D eigenvalue weighted by Crippen LogP contribution is 2.25. The van der Waals surface area contributed by atoms with E-state index in [1.807, 2.05) is 0 Å². The molecule has 0 aliphatic carbocycles. The second-order valence-corrected chi connectivity index (χ2v) is 8.46. The van der Waals surface area contributed by atoms with Crippen LogP contribution in [0.3, 0.4) is 0 Å². The van der Waals surface area contributed by atoms with E-state index in [4.69, 9.17) is 16.7 Å². The van der Waals surface area contributed by atoms with Crippen molar-refractivity contribution in [1.82, 2.24) is 20.5 Å². The highest BCUT2D eigenvalue weighted by Gasteiger charge is 2.39. The fourth-order valence-electron chi connectivity index (χ4n) is 3.55. The minimum Gasteiger partial charge on any atom is -0.481 e. The van der Waals surface area contributed by atoms with Gasteiger partial charge >= 0.3 is 5.97 Å². The molecule has 10 nitrogen and oxygen atoms in total. The van der Waals surface area contributed by atoms with E-state index in [0.29, 0.717) is 24.8 Å². The average molecular weight is 493 g/mol. The largest absolute Gasteiger partial charge is 0.481 e. The van der Waals surface area contributed by atoms with Gasteiger partial charge in [0.15, 0.2) is 6.04 Å². The Hall–Kier alpha value is -3.31. The molecular formula is C21H21ClN4O6S. The number of nitrogens with zero attached hydrogens (tertiary/aromatic N) is 2. The summed E-state index contributed by atoms with van der Waals surface area (Å²) in [6.07, 6.45) is 0.634. The Labute approximate surface area is 197 Å². The summed E-state index contributed by atoms with van der Waals surface area (Å²) in [6, 6.07) is 3.11. The fraction of sp³-hybridized carbons (Fsp3) is 0.333. The van der Waals surface area contributed by atoms with Gasteiger partial charge < -0.3 is 25.4 Å². The number of likely N-dealkylation sites (tertiary alicyclic amines) is 1. The Morgan fingerprint density at radius 3 is 2.67 bits per heavy atom. The van der Waals surface area contributed by atoms with E-state index < -0.39 is 48.2 Å². The van der Waals surface area contributed by atoms with Crippen molar-refractivity contribution in [1.29, 1.82) is 0 Å². The van der Waals surface area contributed by atoms with Gasteiger partial charge in [-0.25, -0.2) is 4.98 Å². The van der Waals surface area contributed by atoms with Crippen LogP contribution < -0.4 is 10.6 Å². The molecule has 33 heavy (non-hydrogen) atoms. The summed E-state index contributed by atoms with van der Waals surface area (Å²) in [4.78, 5) is 66.5. The van der Waals surface area contributed by atoms with E-state index in [0.717, 1.165) is 0 Å². The third-order valence-electron chi connectivity index (χ3n) is 5.11. The number of aldehydes is 1. The molecule has 1 fully saturated rings. The summed E-state index contributed by atoms with van der Waals surface area (Å²) >= 11 is 7.35. The van der Waals surface area contributed by atoms with Gasteiger partial charge in [-0.1, -0.05) is 23.7 Å². The van der Waals surface area contributed by atoms with E-state index >= 15 is 0 Å². The lowest BCUT2D eigenvalue weighted by molar-refractivity contribution is -0.142. The Morgan fingerprint density at radius 2 is 2.03 bits per heavy atom. The van der Waals surface area contributed by atoms with Crippen molar-refractivity contribution in [3.05, 3.63) is 51.4 Å². The lowest BCUT2D eigenvalue weighted by Crippen LogP contribution is -2.52. The summed E-state index contributed by atoms with van der Waals surface area (Å²) in [6.45, 7) is 0.254. The topological polar surface area (TPSA) is 146 Å². The SMILES string of the molecule is O=C[C@H](CC(=O)O)NC(=O)[C@@H]1CCCN1C(=O)[C@@H](NC(=O)c1ccccc1Cl)c1cscn1. The van der Waals surface area contributed by atoms with Gasteiger partial charge in [-0.15, -0.1) is 11.3 Å². The maximum atomic E-state index is 13.4. The molecule has 0 radical (unpaired) electrons. The van der Waals surface area contributed by atoms with Crippen molar-refractivity contribution in [3.8, 4) is 0 Å². The number of nitrogens with one attached hydrogen (secondary N) is 2. The molecule has 12 heteroatoms. The highest BCUT2D eigenvalue weighted by molar-refractivity contribution is 7.07. The lowest BCUT2D eigenvalue weighted by Gasteiger charge is -2.28. The van der Waals surface area contributed by atoms with E-state index in [1.54, 1.807) is 23.6 Å². The Morgan fingerprint density at radius 1 is 1.27 bits per heavy atom. The van der Waals surface area contributed by atoms with Gasteiger partial charge in [0.05, 0.1) is 34.3 Å². The maximum absolute atomic E-state index is 13.4. The molecule has 1 aromatic heterocycles. The number of benzene rings is 1. The monoisotopic (exact) mass is 492 g/mol. The summed E-state index contributed by atoms with van der Waals surface area (Å²) in [5.74, 6) is -2.99. The predicted octanol–water partition coefficient (Wildman–Crippen LogP) is 1.42. The number of aliphatic carboxylic acids is 1. The first-order valence-electron chi connectivity index (χ1n) is 10.0. The van der Waals surface area contributed by atoms with Crippen LogP contribution in [0.15, 0.2) is 35.2 Å². The number of hydrogen-bond donors (Lipinski definition) is 3.